The first kappa shape index (κ1) is 59.7. The first-order valence-electron chi connectivity index (χ1n) is 34.0. The minimum absolute atomic E-state index is 0.0653. The number of aromatic nitrogens is 2. The van der Waals surface area contributed by atoms with Crippen LogP contribution in [-0.4, -0.2) is 15.8 Å². The Hall–Kier alpha value is -7.56. The number of anilines is 3. The summed E-state index contributed by atoms with van der Waals surface area (Å²) in [6.45, 7) is 57.2. The summed E-state index contributed by atoms with van der Waals surface area (Å²) in [7, 11) is 0. The van der Waals surface area contributed by atoms with Gasteiger partial charge < -0.3 is 14.0 Å². The maximum absolute atomic E-state index is 2.82. The van der Waals surface area contributed by atoms with E-state index in [9.17, 15) is 0 Å². The fourth-order valence-corrected chi connectivity index (χ4v) is 16.4. The van der Waals surface area contributed by atoms with Crippen LogP contribution in [0.3, 0.4) is 0 Å². The summed E-state index contributed by atoms with van der Waals surface area (Å²) in [5, 5.41) is 5.29. The smallest absolute Gasteiger partial charge is 0.252 e. The Labute approximate surface area is 544 Å². The average molecular weight is 1190 g/mol. The zero-order chi connectivity index (χ0) is 65.1. The zero-order valence-electron chi connectivity index (χ0n) is 59.3. The largest absolute Gasteiger partial charge is 0.310 e. The highest BCUT2D eigenvalue weighted by molar-refractivity contribution is 7.00. The van der Waals surface area contributed by atoms with Crippen molar-refractivity contribution in [3.63, 3.8) is 0 Å². The number of hydrogen-bond acceptors (Lipinski definition) is 1. The van der Waals surface area contributed by atoms with Crippen molar-refractivity contribution in [3.8, 4) is 22.5 Å². The molecule has 0 bridgehead atoms. The van der Waals surface area contributed by atoms with E-state index in [1.807, 2.05) is 0 Å². The van der Waals surface area contributed by atoms with Crippen LogP contribution in [0.1, 0.15) is 233 Å². The van der Waals surface area contributed by atoms with Crippen LogP contribution in [0.15, 0.2) is 146 Å². The molecule has 1 spiro atoms. The lowest BCUT2D eigenvalue weighted by Crippen LogP contribution is -2.60. The van der Waals surface area contributed by atoms with Crippen LogP contribution in [-0.2, 0) is 48.7 Å². The second-order valence-corrected chi connectivity index (χ2v) is 36.4. The highest BCUT2D eigenvalue weighted by Crippen LogP contribution is 2.63. The van der Waals surface area contributed by atoms with E-state index in [0.717, 1.165) is 0 Å². The quantitative estimate of drug-likeness (QED) is 0.161. The minimum Gasteiger partial charge on any atom is -0.310 e. The molecule has 0 saturated carbocycles. The van der Waals surface area contributed by atoms with Crippen LogP contribution in [0.5, 0.6) is 0 Å². The Morgan fingerprint density at radius 1 is 0.330 bits per heavy atom. The lowest BCUT2D eigenvalue weighted by atomic mass is 9.33. The number of nitrogens with zero attached hydrogens (tertiary/aromatic N) is 3. The second-order valence-electron chi connectivity index (χ2n) is 36.4. The maximum atomic E-state index is 2.82. The van der Waals surface area contributed by atoms with Crippen molar-refractivity contribution in [1.82, 2.24) is 9.13 Å². The third-order valence-electron chi connectivity index (χ3n) is 21.9. The van der Waals surface area contributed by atoms with Crippen LogP contribution in [0.4, 0.5) is 17.1 Å². The number of benzene rings is 9. The van der Waals surface area contributed by atoms with Gasteiger partial charge in [0.2, 0.25) is 0 Å². The summed E-state index contributed by atoms with van der Waals surface area (Å²) in [5.74, 6) is 0. The minimum atomic E-state index is -0.649. The molecule has 0 saturated heterocycles. The molecule has 9 aromatic carbocycles. The van der Waals surface area contributed by atoms with Crippen molar-refractivity contribution in [3.05, 3.63) is 212 Å². The van der Waals surface area contributed by atoms with Gasteiger partial charge in [-0.05, 0) is 192 Å². The lowest BCUT2D eigenvalue weighted by Gasteiger charge is -2.45. The molecule has 1 aliphatic carbocycles. The average Bonchev–Trinajstić information content (AvgIpc) is 1.53. The molecule has 462 valence electrons. The molecule has 11 aromatic rings. The summed E-state index contributed by atoms with van der Waals surface area (Å²) in [6.07, 6.45) is 0. The van der Waals surface area contributed by atoms with Crippen LogP contribution in [0, 0.1) is 0 Å². The van der Waals surface area contributed by atoms with E-state index in [0.29, 0.717) is 0 Å². The van der Waals surface area contributed by atoms with E-state index in [4.69, 9.17) is 0 Å². The molecule has 0 N–H and O–H groups in total. The van der Waals surface area contributed by atoms with Gasteiger partial charge in [-0.15, -0.1) is 0 Å². The molecular formula is C87H96BN3. The predicted octanol–water partition coefficient (Wildman–Crippen LogP) is 21.6. The Morgan fingerprint density at radius 2 is 0.802 bits per heavy atom. The molecule has 0 amide bonds. The van der Waals surface area contributed by atoms with Gasteiger partial charge >= 0.3 is 0 Å². The number of rotatable bonds is 3. The van der Waals surface area contributed by atoms with Crippen molar-refractivity contribution in [1.29, 1.82) is 0 Å². The van der Waals surface area contributed by atoms with Crippen molar-refractivity contribution in [2.75, 3.05) is 4.90 Å². The summed E-state index contributed by atoms with van der Waals surface area (Å²) in [5.41, 5.74) is 33.4. The van der Waals surface area contributed by atoms with Gasteiger partial charge in [0.15, 0.2) is 0 Å². The fourth-order valence-electron chi connectivity index (χ4n) is 16.4. The second kappa shape index (κ2) is 18.4. The summed E-state index contributed by atoms with van der Waals surface area (Å²) in [4.78, 5) is 2.64. The topological polar surface area (TPSA) is 13.1 Å². The van der Waals surface area contributed by atoms with Gasteiger partial charge in [-0.3, -0.25) is 0 Å². The summed E-state index contributed by atoms with van der Waals surface area (Å²) < 4.78 is 5.58. The van der Waals surface area contributed by atoms with Gasteiger partial charge in [0.05, 0.1) is 27.7 Å². The van der Waals surface area contributed by atoms with Crippen LogP contribution < -0.4 is 21.3 Å². The van der Waals surface area contributed by atoms with Gasteiger partial charge in [0, 0.05) is 49.8 Å². The standard InChI is InChI=1S/C87H96BN3/c1-79(2,3)49-26-25-27-57(39-49)89(58-40-53(83(13,14)15)38-54(41-58)84(16,17)18)70-37-35-68-78-73(70)61-33-30-52(82(10,11)12)48-72(61)90(78)71-36-34-64-77-74(71)88(68)69-47-56(86(22,23)24)43-63-62-42-55(85(19,20)21)46-67(75(62)91(77)76(63)69)87(64)65-44-50(80(4,5)6)28-31-59(65)60-32-29-51(45-66(60)87)81(7,8)9/h25-48H,1-24H3. The van der Waals surface area contributed by atoms with Gasteiger partial charge in [0.1, 0.15) is 0 Å². The van der Waals surface area contributed by atoms with Crippen LogP contribution in [0.25, 0.3) is 66.1 Å². The maximum Gasteiger partial charge on any atom is 0.252 e. The zero-order valence-corrected chi connectivity index (χ0v) is 59.3. The first-order chi connectivity index (χ1) is 42.2. The molecule has 0 atom stereocenters. The number of hydrogen-bond donors (Lipinski definition) is 0. The molecule has 0 unspecified atom stereocenters. The van der Waals surface area contributed by atoms with Crippen molar-refractivity contribution < 1.29 is 0 Å². The third-order valence-corrected chi connectivity index (χ3v) is 21.9. The highest BCUT2D eigenvalue weighted by Gasteiger charge is 2.55. The molecule has 15 rings (SSSR count). The van der Waals surface area contributed by atoms with Gasteiger partial charge in [0.25, 0.3) is 6.71 Å². The van der Waals surface area contributed by atoms with E-state index in [-0.39, 0.29) is 50.0 Å². The van der Waals surface area contributed by atoms with E-state index in [1.54, 1.807) is 0 Å². The van der Waals surface area contributed by atoms with Gasteiger partial charge in [-0.25, -0.2) is 0 Å². The molecule has 2 aromatic heterocycles. The molecule has 4 aliphatic rings. The molecule has 3 aliphatic heterocycles. The Morgan fingerprint density at radius 3 is 1.35 bits per heavy atom. The molecule has 91 heavy (non-hydrogen) atoms. The lowest BCUT2D eigenvalue weighted by molar-refractivity contribution is 0.568. The molecule has 5 heterocycles. The Bertz CT molecular complexity index is 4910. The molecule has 0 fully saturated rings. The van der Waals surface area contributed by atoms with E-state index < -0.39 is 5.41 Å². The molecule has 3 nitrogen and oxygen atoms in total. The molecular weight excluding hydrogens is 1100 g/mol. The number of fused-ring (bicyclic) bond motifs is 14. The van der Waals surface area contributed by atoms with Gasteiger partial charge in [-0.1, -0.05) is 257 Å². The normalized spacial score (nSPS) is 15.1. The van der Waals surface area contributed by atoms with Crippen molar-refractivity contribution in [2.45, 2.75) is 215 Å². The van der Waals surface area contributed by atoms with Crippen LogP contribution >= 0.6 is 0 Å². The molecule has 0 radical (unpaired) electrons. The first-order valence-corrected chi connectivity index (χ1v) is 34.0. The monoisotopic (exact) mass is 1190 g/mol. The Kier molecular flexibility index (Phi) is 12.1. The third kappa shape index (κ3) is 8.44. The fraction of sp³-hybridized carbons (Fsp3) is 0.379. The van der Waals surface area contributed by atoms with E-state index in [2.05, 4.69) is 326 Å². The van der Waals surface area contributed by atoms with Crippen molar-refractivity contribution in [2.24, 2.45) is 0 Å². The summed E-state index contributed by atoms with van der Waals surface area (Å²) >= 11 is 0. The highest BCUT2D eigenvalue weighted by atomic mass is 15.2. The Balaban J connectivity index is 1.16. The van der Waals surface area contributed by atoms with E-state index in [1.165, 1.54) is 166 Å². The van der Waals surface area contributed by atoms with E-state index >= 15 is 0 Å². The van der Waals surface area contributed by atoms with Crippen LogP contribution in [0.2, 0.25) is 0 Å². The van der Waals surface area contributed by atoms with Gasteiger partial charge in [-0.2, -0.15) is 0 Å². The predicted molar refractivity (Wildman–Crippen MR) is 395 cm³/mol. The SMILES string of the molecule is CC(C)(C)c1cccc(N(c2cc(C(C)(C)C)cc(C(C)(C)C)c2)c2ccc3c4c2c2ccc(C(C)(C)C)cc2n4-c2ccc4c5c2B3c2cc(C(C)(C)C)cc3c6cc(C(C)(C)C)cc(c6n-5c23)C42c3cc(C(C)(C)C)ccc3-c3ccc(C(C)(C)C)cc32)c1. The van der Waals surface area contributed by atoms with Crippen molar-refractivity contribution >= 4 is 83.8 Å². The molecule has 4 heteroatoms. The summed E-state index contributed by atoms with van der Waals surface area (Å²) in [6, 6.07) is 60.5.